The van der Waals surface area contributed by atoms with Crippen molar-refractivity contribution < 1.29 is 12.6 Å². The van der Waals surface area contributed by atoms with E-state index >= 15 is 0 Å². The quantitative estimate of drug-likeness (QED) is 0.704. The average molecular weight is 296 g/mol. The predicted octanol–water partition coefficient (Wildman–Crippen LogP) is 0.205. The van der Waals surface area contributed by atoms with E-state index in [2.05, 4.69) is 10.0 Å². The van der Waals surface area contributed by atoms with Gasteiger partial charge in [0, 0.05) is 34.9 Å². The van der Waals surface area contributed by atoms with E-state index in [1.54, 1.807) is 6.26 Å². The average Bonchev–Trinajstić information content (AvgIpc) is 2.29. The Morgan fingerprint density at radius 1 is 1.44 bits per heavy atom. The Hall–Kier alpha value is 0.0200. The van der Waals surface area contributed by atoms with Crippen molar-refractivity contribution in [2.45, 2.75) is 43.9 Å². The van der Waals surface area contributed by atoms with Crippen molar-refractivity contribution in [1.29, 1.82) is 0 Å². The smallest absolute Gasteiger partial charge is 0.213 e. The molecule has 108 valence electrons. The molecule has 2 N–H and O–H groups in total. The minimum absolute atomic E-state index is 0.0282. The van der Waals surface area contributed by atoms with Crippen LogP contribution in [-0.2, 0) is 20.8 Å². The molecule has 0 aromatic rings. The molecule has 0 saturated carbocycles. The Kier molecular flexibility index (Phi) is 6.76. The highest BCUT2D eigenvalue weighted by Gasteiger charge is 2.20. The van der Waals surface area contributed by atoms with Gasteiger partial charge in [-0.25, -0.2) is 13.1 Å². The van der Waals surface area contributed by atoms with Crippen LogP contribution in [0.4, 0.5) is 0 Å². The van der Waals surface area contributed by atoms with Crippen LogP contribution in [-0.4, -0.2) is 49.0 Å². The highest BCUT2D eigenvalue weighted by Crippen LogP contribution is 2.08. The highest BCUT2D eigenvalue weighted by atomic mass is 32.2. The van der Waals surface area contributed by atoms with Gasteiger partial charge in [0.15, 0.2) is 0 Å². The molecule has 3 unspecified atom stereocenters. The summed E-state index contributed by atoms with van der Waals surface area (Å²) >= 11 is 0. The molecule has 0 aliphatic carbocycles. The van der Waals surface area contributed by atoms with Crippen molar-refractivity contribution in [2.24, 2.45) is 0 Å². The van der Waals surface area contributed by atoms with Gasteiger partial charge in [0.1, 0.15) is 0 Å². The van der Waals surface area contributed by atoms with Gasteiger partial charge in [-0.05, 0) is 25.8 Å². The fourth-order valence-electron chi connectivity index (χ4n) is 1.97. The summed E-state index contributed by atoms with van der Waals surface area (Å²) in [5.74, 6) is 0.149. The molecule has 0 aromatic heterocycles. The molecule has 1 rings (SSSR count). The number of piperidine rings is 1. The third kappa shape index (κ3) is 6.26. The second kappa shape index (κ2) is 7.57. The van der Waals surface area contributed by atoms with E-state index in [-0.39, 0.29) is 17.0 Å². The van der Waals surface area contributed by atoms with Crippen LogP contribution in [0.2, 0.25) is 0 Å². The Bertz CT molecular complexity index is 364. The van der Waals surface area contributed by atoms with Crippen LogP contribution in [0.25, 0.3) is 0 Å². The first kappa shape index (κ1) is 16.1. The normalized spacial score (nSPS) is 24.7. The maximum atomic E-state index is 11.8. The summed E-state index contributed by atoms with van der Waals surface area (Å²) in [5, 5.41) is 3.25. The summed E-state index contributed by atoms with van der Waals surface area (Å²) in [6, 6.07) is 0.0778. The van der Waals surface area contributed by atoms with E-state index in [9.17, 15) is 12.6 Å². The summed E-state index contributed by atoms with van der Waals surface area (Å²) in [6.45, 7) is 3.15. The van der Waals surface area contributed by atoms with Gasteiger partial charge in [0.25, 0.3) is 0 Å². The van der Waals surface area contributed by atoms with E-state index in [0.29, 0.717) is 13.0 Å². The second-order valence-corrected chi connectivity index (χ2v) is 8.57. The van der Waals surface area contributed by atoms with Gasteiger partial charge < -0.3 is 5.32 Å². The van der Waals surface area contributed by atoms with Crippen LogP contribution < -0.4 is 10.0 Å². The lowest BCUT2D eigenvalue weighted by molar-refractivity contribution is 0.422. The lowest BCUT2D eigenvalue weighted by atomic mass is 10.1. The molecule has 0 radical (unpaired) electrons. The molecule has 0 bridgehead atoms. The minimum Gasteiger partial charge on any atom is -0.313 e. The Balaban J connectivity index is 2.28. The van der Waals surface area contributed by atoms with Crippen molar-refractivity contribution in [3.8, 4) is 0 Å². The molecule has 18 heavy (non-hydrogen) atoms. The van der Waals surface area contributed by atoms with Crippen LogP contribution in [0.1, 0.15) is 32.6 Å². The maximum absolute atomic E-state index is 11.8. The predicted molar refractivity (Wildman–Crippen MR) is 75.6 cm³/mol. The van der Waals surface area contributed by atoms with E-state index in [0.717, 1.165) is 25.8 Å². The van der Waals surface area contributed by atoms with Gasteiger partial charge >= 0.3 is 0 Å². The molecule has 3 atom stereocenters. The number of rotatable bonds is 7. The third-order valence-electron chi connectivity index (χ3n) is 3.27. The molecule has 1 saturated heterocycles. The maximum Gasteiger partial charge on any atom is 0.213 e. The summed E-state index contributed by atoms with van der Waals surface area (Å²) in [4.78, 5) is 0. The third-order valence-corrected chi connectivity index (χ3v) is 6.13. The van der Waals surface area contributed by atoms with E-state index in [1.165, 1.54) is 0 Å². The standard InChI is InChI=1S/C11H24N2O3S2/c1-10(17(2)14)6-8-13-18(15,16)9-11-5-3-4-7-12-11/h10-13H,3-9H2,1-2H3. The molecular weight excluding hydrogens is 272 g/mol. The van der Waals surface area contributed by atoms with Gasteiger partial charge in [-0.1, -0.05) is 13.3 Å². The molecule has 0 spiro atoms. The molecule has 5 nitrogen and oxygen atoms in total. The largest absolute Gasteiger partial charge is 0.313 e. The topological polar surface area (TPSA) is 75.3 Å². The molecule has 1 fully saturated rings. The van der Waals surface area contributed by atoms with Crippen LogP contribution in [0, 0.1) is 0 Å². The SMILES string of the molecule is CC(CCNS(=O)(=O)CC1CCCCN1)S(C)=O. The van der Waals surface area contributed by atoms with Crippen molar-refractivity contribution in [3.63, 3.8) is 0 Å². The lowest BCUT2D eigenvalue weighted by Gasteiger charge is -2.23. The molecule has 0 aromatic carbocycles. The van der Waals surface area contributed by atoms with Crippen molar-refractivity contribution >= 4 is 20.8 Å². The molecule has 0 amide bonds. The Morgan fingerprint density at radius 3 is 2.72 bits per heavy atom. The zero-order chi connectivity index (χ0) is 13.6. The first-order chi connectivity index (χ1) is 8.41. The van der Waals surface area contributed by atoms with Crippen molar-refractivity contribution in [1.82, 2.24) is 10.0 Å². The Morgan fingerprint density at radius 2 is 2.17 bits per heavy atom. The summed E-state index contributed by atoms with van der Waals surface area (Å²) in [5.41, 5.74) is 0. The first-order valence-electron chi connectivity index (χ1n) is 6.43. The molecule has 1 aliphatic heterocycles. The lowest BCUT2D eigenvalue weighted by Crippen LogP contribution is -2.43. The van der Waals surface area contributed by atoms with Crippen molar-refractivity contribution in [3.05, 3.63) is 0 Å². The zero-order valence-electron chi connectivity index (χ0n) is 11.1. The first-order valence-corrected chi connectivity index (χ1v) is 9.71. The van der Waals surface area contributed by atoms with E-state index < -0.39 is 20.8 Å². The molecule has 1 aliphatic rings. The number of hydrogen-bond donors (Lipinski definition) is 2. The summed E-state index contributed by atoms with van der Waals surface area (Å²) in [7, 11) is -4.11. The van der Waals surface area contributed by atoms with Gasteiger partial charge in [0.2, 0.25) is 10.0 Å². The molecular formula is C11H24N2O3S2. The van der Waals surface area contributed by atoms with Crippen LogP contribution in [0.5, 0.6) is 0 Å². The van der Waals surface area contributed by atoms with Gasteiger partial charge in [-0.3, -0.25) is 4.21 Å². The van der Waals surface area contributed by atoms with Crippen LogP contribution in [0.3, 0.4) is 0 Å². The number of hydrogen-bond acceptors (Lipinski definition) is 4. The van der Waals surface area contributed by atoms with E-state index in [1.807, 2.05) is 6.92 Å². The van der Waals surface area contributed by atoms with Crippen molar-refractivity contribution in [2.75, 3.05) is 25.1 Å². The fraction of sp³-hybridized carbons (Fsp3) is 1.00. The zero-order valence-corrected chi connectivity index (χ0v) is 12.8. The van der Waals surface area contributed by atoms with E-state index in [4.69, 9.17) is 0 Å². The van der Waals surface area contributed by atoms with Crippen LogP contribution in [0.15, 0.2) is 0 Å². The summed E-state index contributed by atoms with van der Waals surface area (Å²) in [6.07, 6.45) is 5.41. The Labute approximate surface area is 113 Å². The molecule has 1 heterocycles. The second-order valence-electron chi connectivity index (χ2n) is 4.92. The number of sulfonamides is 1. The molecule has 7 heteroatoms. The fourth-order valence-corrected chi connectivity index (χ4v) is 3.78. The van der Waals surface area contributed by atoms with Gasteiger partial charge in [-0.2, -0.15) is 0 Å². The summed E-state index contributed by atoms with van der Waals surface area (Å²) < 4.78 is 37.4. The monoisotopic (exact) mass is 296 g/mol. The van der Waals surface area contributed by atoms with Gasteiger partial charge in [0.05, 0.1) is 5.75 Å². The number of nitrogens with one attached hydrogen (secondary N) is 2. The highest BCUT2D eigenvalue weighted by molar-refractivity contribution is 7.89. The minimum atomic E-state index is -3.21. The van der Waals surface area contributed by atoms with Crippen LogP contribution >= 0.6 is 0 Å². The van der Waals surface area contributed by atoms with Gasteiger partial charge in [-0.15, -0.1) is 0 Å².